The van der Waals surface area contributed by atoms with E-state index >= 15 is 0 Å². The quantitative estimate of drug-likeness (QED) is 0.0431. The minimum atomic E-state index is -1.62. The summed E-state index contributed by atoms with van der Waals surface area (Å²) < 4.78 is 10.0. The highest BCUT2D eigenvalue weighted by atomic mass is 16.5. The molecule has 25 nitrogen and oxygen atoms in total. The summed E-state index contributed by atoms with van der Waals surface area (Å²) in [6.45, 7) is 20.5. The van der Waals surface area contributed by atoms with E-state index < -0.39 is 138 Å². The van der Waals surface area contributed by atoms with Crippen molar-refractivity contribution >= 4 is 71.1 Å². The number of hydrogen-bond donors (Lipinski definition) is 11. The summed E-state index contributed by atoms with van der Waals surface area (Å²) in [6.07, 6.45) is 0.216. The van der Waals surface area contributed by atoms with E-state index in [2.05, 4.69) is 58.5 Å². The highest BCUT2D eigenvalue weighted by Gasteiger charge is 2.37. The molecule has 0 saturated carbocycles. The van der Waals surface area contributed by atoms with Crippen LogP contribution in [-0.2, 0) is 68.8 Å². The van der Waals surface area contributed by atoms with Gasteiger partial charge in [0.15, 0.2) is 0 Å². The molecule has 1 aromatic carbocycles. The molecule has 0 radical (unpaired) electrons. The maximum atomic E-state index is 13.5. The number of esters is 1. The van der Waals surface area contributed by atoms with Gasteiger partial charge in [0.1, 0.15) is 47.4 Å². The smallest absolute Gasteiger partial charge is 0.408 e. The van der Waals surface area contributed by atoms with E-state index in [1.165, 1.54) is 48.7 Å². The summed E-state index contributed by atoms with van der Waals surface area (Å²) in [5.74, 6) is -8.53. The topological polar surface area (TPSA) is 356 Å². The Hall–Kier alpha value is -7.34. The first kappa shape index (κ1) is 68.7. The fourth-order valence-electron chi connectivity index (χ4n) is 7.27. The van der Waals surface area contributed by atoms with Crippen LogP contribution in [0.3, 0.4) is 0 Å². The first-order chi connectivity index (χ1) is 36.1. The summed E-state index contributed by atoms with van der Waals surface area (Å²) in [5.41, 5.74) is -3.98. The van der Waals surface area contributed by atoms with Crippen molar-refractivity contribution in [2.24, 2.45) is 23.7 Å². The SMILES string of the molecule is CC[C@H](C)[C@H](NC(=O)CNC(=O)C(C)(C)NC(=O)[C@H](CC(C)C)NC(=O)CNC(=O)CNC(=O)C(C)(C)NC(=O)[C@H](CC(C)C)NC(=O)CNC(=O)C(C)(C)NC(=O)OCc1ccccc1)C(=O)N[C@@H](CC(C)C)C(=O)OC. The number of benzene rings is 1. The Morgan fingerprint density at radius 3 is 1.27 bits per heavy atom. The second-order valence-corrected chi connectivity index (χ2v) is 22.0. The fourth-order valence-corrected chi connectivity index (χ4v) is 7.27. The van der Waals surface area contributed by atoms with Gasteiger partial charge in [-0.15, -0.1) is 0 Å². The zero-order valence-electron chi connectivity index (χ0n) is 48.1. The highest BCUT2D eigenvalue weighted by Crippen LogP contribution is 2.14. The van der Waals surface area contributed by atoms with Crippen LogP contribution >= 0.6 is 0 Å². The second kappa shape index (κ2) is 32.4. The number of methoxy groups -OCH3 is 1. The van der Waals surface area contributed by atoms with Crippen molar-refractivity contribution in [3.05, 3.63) is 35.9 Å². The molecule has 0 spiro atoms. The molecule has 25 heteroatoms. The molecular formula is C53H87N11O14. The lowest BCUT2D eigenvalue weighted by atomic mass is 9.97. The number of nitrogens with one attached hydrogen (secondary N) is 11. The number of carbonyl (C=O) groups is 12. The zero-order valence-corrected chi connectivity index (χ0v) is 48.1. The average molecular weight is 1100 g/mol. The van der Waals surface area contributed by atoms with Gasteiger partial charge in [0.2, 0.25) is 59.1 Å². The van der Waals surface area contributed by atoms with Crippen LogP contribution in [0.1, 0.15) is 128 Å². The molecule has 11 amide bonds. The number of amides is 11. The molecule has 0 aromatic heterocycles. The van der Waals surface area contributed by atoms with Gasteiger partial charge in [-0.2, -0.15) is 0 Å². The van der Waals surface area contributed by atoms with Crippen LogP contribution in [0.2, 0.25) is 0 Å². The Labute approximate surface area is 458 Å². The molecule has 5 atom stereocenters. The predicted molar refractivity (Wildman–Crippen MR) is 288 cm³/mol. The number of hydrogen-bond acceptors (Lipinski definition) is 14. The van der Waals surface area contributed by atoms with Crippen LogP contribution in [0.4, 0.5) is 4.79 Å². The number of rotatable bonds is 32. The molecule has 11 N–H and O–H groups in total. The highest BCUT2D eigenvalue weighted by molar-refractivity contribution is 5.99. The molecule has 0 aliphatic heterocycles. The number of ether oxygens (including phenoxy) is 2. The Bertz CT molecular complexity index is 2250. The van der Waals surface area contributed by atoms with Crippen molar-refractivity contribution in [1.29, 1.82) is 0 Å². The molecular weight excluding hydrogens is 1010 g/mol. The van der Waals surface area contributed by atoms with E-state index in [-0.39, 0.29) is 43.1 Å². The van der Waals surface area contributed by atoms with E-state index in [1.54, 1.807) is 58.9 Å². The molecule has 0 heterocycles. The van der Waals surface area contributed by atoms with Crippen LogP contribution in [-0.4, -0.2) is 145 Å². The molecule has 1 rings (SSSR count). The lowest BCUT2D eigenvalue weighted by molar-refractivity contribution is -0.146. The van der Waals surface area contributed by atoms with Gasteiger partial charge >= 0.3 is 12.1 Å². The first-order valence-corrected chi connectivity index (χ1v) is 26.1. The molecule has 0 aliphatic rings. The molecule has 438 valence electrons. The van der Waals surface area contributed by atoms with Crippen molar-refractivity contribution in [1.82, 2.24) is 58.5 Å². The molecule has 0 bridgehead atoms. The standard InChI is InChI=1S/C53H87N11O14/c1-16-33(8)42(45(71)60-37(24-32(6)7)46(72)77-15)61-41(68)28-57-48(74)52(11,12)63-43(69)35(22-30(2)3)58-39(66)26-54-38(65)25-55-47(73)51(9,10)62-44(70)36(23-31(4)5)59-40(67)27-56-49(75)53(13,14)64-50(76)78-29-34-20-18-17-19-21-34/h17-21,30-33,35-37,42H,16,22-29H2,1-15H3,(H,54,65)(H,55,73)(H,56,75)(H,57,74)(H,58,66)(H,59,67)(H,60,71)(H,61,68)(H,62,70)(H,63,69)(H,64,76)/t33-,35-,36-,37-,42-/m0/s1. The summed E-state index contributed by atoms with van der Waals surface area (Å²) in [4.78, 5) is 156. The lowest BCUT2D eigenvalue weighted by Gasteiger charge is -2.29. The molecule has 0 aliphatic carbocycles. The van der Waals surface area contributed by atoms with Crippen LogP contribution in [0.25, 0.3) is 0 Å². The number of alkyl carbamates (subject to hydrolysis) is 1. The minimum Gasteiger partial charge on any atom is -0.467 e. The lowest BCUT2D eigenvalue weighted by Crippen LogP contribution is -2.61. The van der Waals surface area contributed by atoms with Crippen LogP contribution < -0.4 is 58.5 Å². The maximum Gasteiger partial charge on any atom is 0.408 e. The van der Waals surface area contributed by atoms with Crippen LogP contribution in [0, 0.1) is 23.7 Å². The van der Waals surface area contributed by atoms with E-state index in [4.69, 9.17) is 9.47 Å². The summed E-state index contributed by atoms with van der Waals surface area (Å²) in [7, 11) is 1.21. The van der Waals surface area contributed by atoms with Crippen molar-refractivity contribution in [2.45, 2.75) is 170 Å². The van der Waals surface area contributed by atoms with Gasteiger partial charge in [-0.25, -0.2) is 9.59 Å². The van der Waals surface area contributed by atoms with Gasteiger partial charge < -0.3 is 68.0 Å². The van der Waals surface area contributed by atoms with Crippen molar-refractivity contribution in [3.63, 3.8) is 0 Å². The molecule has 0 fully saturated rings. The van der Waals surface area contributed by atoms with Crippen LogP contribution in [0.15, 0.2) is 30.3 Å². The monoisotopic (exact) mass is 1100 g/mol. The molecule has 1 aromatic rings. The van der Waals surface area contributed by atoms with E-state index in [9.17, 15) is 57.5 Å². The third-order valence-electron chi connectivity index (χ3n) is 11.9. The normalized spacial score (nSPS) is 13.5. The molecule has 0 saturated heterocycles. The number of carbonyl (C=O) groups excluding carboxylic acids is 12. The summed E-state index contributed by atoms with van der Waals surface area (Å²) in [6, 6.07) is 4.60. The third kappa shape index (κ3) is 25.7. The second-order valence-electron chi connectivity index (χ2n) is 22.0. The fraction of sp³-hybridized carbons (Fsp3) is 0.660. The van der Waals surface area contributed by atoms with Crippen molar-refractivity contribution in [3.8, 4) is 0 Å². The van der Waals surface area contributed by atoms with Crippen molar-refractivity contribution in [2.75, 3.05) is 33.3 Å². The summed E-state index contributed by atoms with van der Waals surface area (Å²) >= 11 is 0. The maximum absolute atomic E-state index is 13.5. The zero-order chi connectivity index (χ0) is 59.7. The Morgan fingerprint density at radius 2 is 0.859 bits per heavy atom. The third-order valence-corrected chi connectivity index (χ3v) is 11.9. The largest absolute Gasteiger partial charge is 0.467 e. The van der Waals surface area contributed by atoms with Crippen LogP contribution in [0.5, 0.6) is 0 Å². The van der Waals surface area contributed by atoms with Gasteiger partial charge in [0.05, 0.1) is 33.3 Å². The minimum absolute atomic E-state index is 0.0269. The average Bonchev–Trinajstić information content (AvgIpc) is 3.34. The van der Waals surface area contributed by atoms with Gasteiger partial charge in [0, 0.05) is 0 Å². The van der Waals surface area contributed by atoms with Crippen molar-refractivity contribution < 1.29 is 67.0 Å². The van der Waals surface area contributed by atoms with Gasteiger partial charge in [0.25, 0.3) is 0 Å². The van der Waals surface area contributed by atoms with E-state index in [0.29, 0.717) is 12.8 Å². The van der Waals surface area contributed by atoms with Gasteiger partial charge in [-0.05, 0) is 90.0 Å². The Balaban J connectivity index is 2.79. The van der Waals surface area contributed by atoms with Gasteiger partial charge in [-0.1, -0.05) is 92.1 Å². The molecule has 0 unspecified atom stereocenters. The Morgan fingerprint density at radius 1 is 0.474 bits per heavy atom. The first-order valence-electron chi connectivity index (χ1n) is 26.1. The summed E-state index contributed by atoms with van der Waals surface area (Å²) in [5, 5.41) is 27.6. The van der Waals surface area contributed by atoms with Gasteiger partial charge in [-0.3, -0.25) is 47.9 Å². The van der Waals surface area contributed by atoms with E-state index in [0.717, 1.165) is 5.56 Å². The molecule has 78 heavy (non-hydrogen) atoms. The van der Waals surface area contributed by atoms with E-state index in [1.807, 2.05) is 26.8 Å². The predicted octanol–water partition coefficient (Wildman–Crippen LogP) is 0.242. The Kier molecular flexibility index (Phi) is 28.5.